The number of benzene rings is 2. The van der Waals surface area contributed by atoms with Gasteiger partial charge in [0.2, 0.25) is 0 Å². The van der Waals surface area contributed by atoms with Gasteiger partial charge in [-0.05, 0) is 24.6 Å². The predicted octanol–water partition coefficient (Wildman–Crippen LogP) is 3.55. The Morgan fingerprint density at radius 3 is 2.58 bits per heavy atom. The van der Waals surface area contributed by atoms with Crippen molar-refractivity contribution >= 4 is 11.0 Å². The van der Waals surface area contributed by atoms with Gasteiger partial charge in [-0.25, -0.2) is 4.98 Å². The third-order valence-electron chi connectivity index (χ3n) is 4.10. The van der Waals surface area contributed by atoms with Crippen molar-refractivity contribution in [2.75, 3.05) is 14.2 Å². The molecule has 0 radical (unpaired) electrons. The van der Waals surface area contributed by atoms with E-state index in [4.69, 9.17) is 9.47 Å². The van der Waals surface area contributed by atoms with Crippen molar-refractivity contribution in [2.45, 2.75) is 26.0 Å². The second-order valence-corrected chi connectivity index (χ2v) is 5.60. The zero-order valence-electron chi connectivity index (χ0n) is 14.2. The molecule has 0 bridgehead atoms. The summed E-state index contributed by atoms with van der Waals surface area (Å²) in [7, 11) is 3.16. The van der Waals surface area contributed by atoms with Gasteiger partial charge in [0.15, 0.2) is 11.5 Å². The van der Waals surface area contributed by atoms with Crippen molar-refractivity contribution in [1.82, 2.24) is 9.55 Å². The molecule has 0 saturated carbocycles. The molecule has 0 saturated heterocycles. The molecule has 126 valence electrons. The molecule has 5 heteroatoms. The maximum atomic E-state index is 11.0. The SMILES string of the molecule is CCCn1c([C@@H](O)c2cccc(OC)c2OC)nc2ccccc21. The van der Waals surface area contributed by atoms with E-state index < -0.39 is 6.10 Å². The number of hydrogen-bond acceptors (Lipinski definition) is 4. The Labute approximate surface area is 141 Å². The van der Waals surface area contributed by atoms with Crippen LogP contribution in [0.5, 0.6) is 11.5 Å². The van der Waals surface area contributed by atoms with Crippen LogP contribution in [0.4, 0.5) is 0 Å². The maximum absolute atomic E-state index is 11.0. The molecule has 0 aliphatic rings. The number of rotatable bonds is 6. The van der Waals surface area contributed by atoms with E-state index in [0.717, 1.165) is 24.0 Å². The summed E-state index contributed by atoms with van der Waals surface area (Å²) in [6, 6.07) is 13.4. The number of para-hydroxylation sites is 3. The van der Waals surface area contributed by atoms with Gasteiger partial charge in [0, 0.05) is 12.1 Å². The fourth-order valence-electron chi connectivity index (χ4n) is 3.03. The molecular weight excluding hydrogens is 304 g/mol. The van der Waals surface area contributed by atoms with Gasteiger partial charge in [-0.2, -0.15) is 0 Å². The Kier molecular flexibility index (Phi) is 4.71. The number of aliphatic hydroxyl groups is 1. The largest absolute Gasteiger partial charge is 0.493 e. The van der Waals surface area contributed by atoms with Gasteiger partial charge in [-0.15, -0.1) is 0 Å². The number of aryl methyl sites for hydroxylation is 1. The van der Waals surface area contributed by atoms with E-state index in [1.54, 1.807) is 14.2 Å². The summed E-state index contributed by atoms with van der Waals surface area (Å²) in [6.45, 7) is 2.90. The maximum Gasteiger partial charge on any atom is 0.166 e. The van der Waals surface area contributed by atoms with Crippen molar-refractivity contribution in [3.63, 3.8) is 0 Å². The van der Waals surface area contributed by atoms with Crippen LogP contribution in [0.3, 0.4) is 0 Å². The number of aliphatic hydroxyl groups excluding tert-OH is 1. The standard InChI is InChI=1S/C19H22N2O3/c1-4-12-21-15-10-6-5-9-14(15)20-19(21)17(22)13-8-7-11-16(23-2)18(13)24-3/h5-11,17,22H,4,12H2,1-3H3/t17-/m0/s1. The molecule has 3 aromatic rings. The van der Waals surface area contributed by atoms with Gasteiger partial charge in [0.25, 0.3) is 0 Å². The van der Waals surface area contributed by atoms with Gasteiger partial charge in [0.1, 0.15) is 11.9 Å². The molecule has 0 fully saturated rings. The topological polar surface area (TPSA) is 56.5 Å². The number of imidazole rings is 1. The summed E-state index contributed by atoms with van der Waals surface area (Å²) in [5.41, 5.74) is 2.54. The normalized spacial score (nSPS) is 12.3. The molecule has 1 atom stereocenters. The lowest BCUT2D eigenvalue weighted by Gasteiger charge is -2.18. The molecule has 0 amide bonds. The summed E-state index contributed by atoms with van der Waals surface area (Å²) >= 11 is 0. The first-order valence-corrected chi connectivity index (χ1v) is 8.05. The average Bonchev–Trinajstić information content (AvgIpc) is 2.99. The molecule has 1 aromatic heterocycles. The zero-order valence-corrected chi connectivity index (χ0v) is 14.2. The van der Waals surface area contributed by atoms with Crippen LogP contribution in [0.25, 0.3) is 11.0 Å². The Morgan fingerprint density at radius 2 is 1.88 bits per heavy atom. The molecule has 0 unspecified atom stereocenters. The third-order valence-corrected chi connectivity index (χ3v) is 4.10. The minimum Gasteiger partial charge on any atom is -0.493 e. The molecule has 5 nitrogen and oxygen atoms in total. The fraction of sp³-hybridized carbons (Fsp3) is 0.316. The van der Waals surface area contributed by atoms with E-state index in [2.05, 4.69) is 16.5 Å². The van der Waals surface area contributed by atoms with Gasteiger partial charge < -0.3 is 19.1 Å². The molecule has 24 heavy (non-hydrogen) atoms. The first kappa shape index (κ1) is 16.3. The minimum atomic E-state index is -0.894. The van der Waals surface area contributed by atoms with E-state index in [1.165, 1.54) is 0 Å². The van der Waals surface area contributed by atoms with E-state index in [1.807, 2.05) is 42.5 Å². The highest BCUT2D eigenvalue weighted by Crippen LogP contribution is 2.37. The minimum absolute atomic E-state index is 0.530. The highest BCUT2D eigenvalue weighted by molar-refractivity contribution is 5.76. The van der Waals surface area contributed by atoms with Gasteiger partial charge >= 0.3 is 0 Å². The highest BCUT2D eigenvalue weighted by atomic mass is 16.5. The van der Waals surface area contributed by atoms with Crippen molar-refractivity contribution in [3.8, 4) is 11.5 Å². The fourth-order valence-corrected chi connectivity index (χ4v) is 3.03. The zero-order chi connectivity index (χ0) is 17.1. The van der Waals surface area contributed by atoms with E-state index >= 15 is 0 Å². The van der Waals surface area contributed by atoms with Crippen LogP contribution < -0.4 is 9.47 Å². The number of nitrogens with zero attached hydrogens (tertiary/aromatic N) is 2. The van der Waals surface area contributed by atoms with Crippen molar-refractivity contribution in [1.29, 1.82) is 0 Å². The molecular formula is C19H22N2O3. The summed E-state index contributed by atoms with van der Waals surface area (Å²) in [4.78, 5) is 4.66. The Morgan fingerprint density at radius 1 is 1.08 bits per heavy atom. The van der Waals surface area contributed by atoms with Crippen molar-refractivity contribution in [3.05, 3.63) is 53.9 Å². The first-order chi connectivity index (χ1) is 11.7. The average molecular weight is 326 g/mol. The number of hydrogen-bond donors (Lipinski definition) is 1. The molecule has 2 aromatic carbocycles. The first-order valence-electron chi connectivity index (χ1n) is 8.05. The highest BCUT2D eigenvalue weighted by Gasteiger charge is 2.24. The number of fused-ring (bicyclic) bond motifs is 1. The van der Waals surface area contributed by atoms with E-state index in [-0.39, 0.29) is 0 Å². The Bertz CT molecular complexity index is 842. The second kappa shape index (κ2) is 6.93. The molecule has 3 rings (SSSR count). The Balaban J connectivity index is 2.15. The molecule has 0 aliphatic heterocycles. The smallest absolute Gasteiger partial charge is 0.166 e. The van der Waals surface area contributed by atoms with E-state index in [9.17, 15) is 5.11 Å². The summed E-state index contributed by atoms with van der Waals surface area (Å²) in [5.74, 6) is 1.74. The van der Waals surface area contributed by atoms with Gasteiger partial charge in [-0.3, -0.25) is 0 Å². The van der Waals surface area contributed by atoms with Crippen LogP contribution in [0.15, 0.2) is 42.5 Å². The van der Waals surface area contributed by atoms with Gasteiger partial charge in [0.05, 0.1) is 25.3 Å². The quantitative estimate of drug-likeness (QED) is 0.753. The molecule has 1 heterocycles. The molecule has 0 spiro atoms. The third kappa shape index (κ3) is 2.71. The number of ether oxygens (including phenoxy) is 2. The van der Waals surface area contributed by atoms with Crippen LogP contribution in [-0.2, 0) is 6.54 Å². The predicted molar refractivity (Wildman–Crippen MR) is 93.6 cm³/mol. The van der Waals surface area contributed by atoms with Crippen LogP contribution in [0.2, 0.25) is 0 Å². The molecule has 0 aliphatic carbocycles. The lowest BCUT2D eigenvalue weighted by Crippen LogP contribution is -2.11. The monoisotopic (exact) mass is 326 g/mol. The Hall–Kier alpha value is -2.53. The number of aromatic nitrogens is 2. The lowest BCUT2D eigenvalue weighted by atomic mass is 10.1. The lowest BCUT2D eigenvalue weighted by molar-refractivity contribution is 0.198. The van der Waals surface area contributed by atoms with Crippen LogP contribution >= 0.6 is 0 Å². The second-order valence-electron chi connectivity index (χ2n) is 5.60. The summed E-state index contributed by atoms with van der Waals surface area (Å²) < 4.78 is 12.9. The molecule has 1 N–H and O–H groups in total. The van der Waals surface area contributed by atoms with Crippen LogP contribution in [0, 0.1) is 0 Å². The van der Waals surface area contributed by atoms with Gasteiger partial charge in [-0.1, -0.05) is 31.2 Å². The van der Waals surface area contributed by atoms with E-state index in [0.29, 0.717) is 22.9 Å². The number of methoxy groups -OCH3 is 2. The van der Waals surface area contributed by atoms with Crippen molar-refractivity contribution in [2.24, 2.45) is 0 Å². The summed E-state index contributed by atoms with van der Waals surface area (Å²) in [5, 5.41) is 11.0. The van der Waals surface area contributed by atoms with Crippen LogP contribution in [-0.4, -0.2) is 28.9 Å². The summed E-state index contributed by atoms with van der Waals surface area (Å²) in [6.07, 6.45) is 0.0592. The van der Waals surface area contributed by atoms with Crippen LogP contribution in [0.1, 0.15) is 30.8 Å². The van der Waals surface area contributed by atoms with Crippen molar-refractivity contribution < 1.29 is 14.6 Å².